The molecule has 0 unspecified atom stereocenters. The van der Waals surface area contributed by atoms with Crippen LogP contribution in [0.4, 0.5) is 19.2 Å². The van der Waals surface area contributed by atoms with Gasteiger partial charge < -0.3 is 78.8 Å². The number of halogens is 2. The van der Waals surface area contributed by atoms with Crippen LogP contribution in [-0.2, 0) is 84.2 Å². The van der Waals surface area contributed by atoms with Crippen LogP contribution in [0.25, 0.3) is 0 Å². The third-order valence-electron chi connectivity index (χ3n) is 21.7. The first kappa shape index (κ1) is 93.7. The summed E-state index contributed by atoms with van der Waals surface area (Å²) in [5.74, 6) is -1.60. The molecule has 1 aliphatic heterocycles. The zero-order valence-electron chi connectivity index (χ0n) is 72.5. The van der Waals surface area contributed by atoms with Crippen molar-refractivity contribution in [3.05, 3.63) is 228 Å². The van der Waals surface area contributed by atoms with Gasteiger partial charge in [0, 0.05) is 47.2 Å². The Bertz CT molecular complexity index is 4770. The highest BCUT2D eigenvalue weighted by Gasteiger charge is 2.53. The number of nitrogens with zero attached hydrogens (tertiary/aromatic N) is 5. The maximum atomic E-state index is 13.5. The lowest BCUT2D eigenvalue weighted by atomic mass is 10.0. The molecule has 0 spiro atoms. The molecule has 26 nitrogen and oxygen atoms in total. The summed E-state index contributed by atoms with van der Waals surface area (Å²) in [5, 5.41) is 9.22. The van der Waals surface area contributed by atoms with Crippen LogP contribution in [-0.4, -0.2) is 157 Å². The summed E-state index contributed by atoms with van der Waals surface area (Å²) in [5.41, 5.74) is 12.5. The molecule has 6 aliphatic carbocycles. The summed E-state index contributed by atoms with van der Waals surface area (Å²) in [7, 11) is 11.0. The molecule has 5 N–H and O–H groups in total. The van der Waals surface area contributed by atoms with Crippen molar-refractivity contribution in [1.82, 2.24) is 40.2 Å². The quantitative estimate of drug-likeness (QED) is 0.0516. The second-order valence-electron chi connectivity index (χ2n) is 35.3. The number of hydrogen-bond donors (Lipinski definition) is 4. The van der Waals surface area contributed by atoms with Crippen molar-refractivity contribution >= 4 is 86.0 Å². The Balaban J connectivity index is 0.000000169. The standard InChI is InChI=1S/C24H30N4O5.C17H23NO4.C16H21NO4.C14H18BrNO2.C12H15NO2.C9H10BrN/c1-23(2,3)33-22(31)27-12-13-28-15-25-19(18(28)14-27)20(29)26(4)24(10-11-24)17-8-6-16(7-9-17)21(30)32-5;1-16(2,3)22-15(20)18(4)17(10-11-17)13-8-6-12(7-9-13)14(19)21-5;1-15(2,3)21-14(19)17-16(9-10-16)12-7-5-11(6-8-12)13(18)20-4;1-13(2,3)18-12(17)16-14(8-9-14)10-4-6-11(15)7-5-10;1-13-12(7-8-12)10-5-3-9(4-6-10)11(14)15-2;10-8-3-1-7(2-4-8)9(11)5-6-9/h6-9,15H,10-14H2,1-5H3;6-9H,10-11H2,1-5H3;5-8H,9-10H2,1-4H3,(H,17,19);4-7H,8-9H2,1-3H3,(H,16,17);3-6,13H,7-8H2,1-2H3;1-4H,5-6,11H2. The van der Waals surface area contributed by atoms with E-state index in [0.717, 1.165) is 95.4 Å². The number of aromatic nitrogens is 2. The average Bonchev–Trinajstić information content (AvgIpc) is 1.61. The van der Waals surface area contributed by atoms with Crippen molar-refractivity contribution < 1.29 is 81.0 Å². The molecular formula is C92H117Br2N9O17. The number of carbonyl (C=O) groups is 9. The van der Waals surface area contributed by atoms with Gasteiger partial charge in [0.05, 0.1) is 91.4 Å². The lowest BCUT2D eigenvalue weighted by Gasteiger charge is -2.32. The minimum absolute atomic E-state index is 0.0146. The Morgan fingerprint density at radius 1 is 0.408 bits per heavy atom. The molecule has 7 aliphatic rings. The third-order valence-corrected chi connectivity index (χ3v) is 22.7. The smallest absolute Gasteiger partial charge is 0.410 e. The third kappa shape index (κ3) is 24.8. The number of nitrogens with two attached hydrogens (primary N) is 1. The number of carbonyl (C=O) groups excluding carboxylic acids is 9. The van der Waals surface area contributed by atoms with Gasteiger partial charge in [-0.05, 0) is 273 Å². The molecule has 7 aromatic rings. The Kier molecular flexibility index (Phi) is 29.6. The second kappa shape index (κ2) is 37.9. The predicted octanol–water partition coefficient (Wildman–Crippen LogP) is 17.5. The Morgan fingerprint density at radius 3 is 1.03 bits per heavy atom. The van der Waals surface area contributed by atoms with Crippen LogP contribution in [0, 0.1) is 0 Å². The van der Waals surface area contributed by atoms with Crippen LogP contribution in [0.5, 0.6) is 0 Å². The van der Waals surface area contributed by atoms with Crippen molar-refractivity contribution in [2.45, 2.75) is 229 Å². The first-order valence-corrected chi connectivity index (χ1v) is 41.9. The van der Waals surface area contributed by atoms with E-state index in [2.05, 4.69) is 74.4 Å². The van der Waals surface area contributed by atoms with E-state index < -0.39 is 46.1 Å². The van der Waals surface area contributed by atoms with Gasteiger partial charge in [0.2, 0.25) is 0 Å². The second-order valence-corrected chi connectivity index (χ2v) is 37.1. The van der Waals surface area contributed by atoms with Crippen molar-refractivity contribution in [2.75, 3.05) is 56.1 Å². The number of ether oxygens (including phenoxy) is 8. The molecule has 5 amide bonds. The molecule has 1 aromatic heterocycles. The molecule has 14 rings (SSSR count). The van der Waals surface area contributed by atoms with E-state index in [-0.39, 0.29) is 70.2 Å². The number of fused-ring (bicyclic) bond motifs is 1. The number of methoxy groups -OCH3 is 4. The fraction of sp³-hybridized carbons (Fsp3) is 0.478. The first-order valence-electron chi connectivity index (χ1n) is 40.3. The highest BCUT2D eigenvalue weighted by atomic mass is 79.9. The van der Waals surface area contributed by atoms with E-state index in [0.29, 0.717) is 46.7 Å². The molecule has 6 aromatic carbocycles. The Labute approximate surface area is 721 Å². The molecule has 0 radical (unpaired) electrons. The van der Waals surface area contributed by atoms with Gasteiger partial charge in [-0.25, -0.2) is 43.3 Å². The summed E-state index contributed by atoms with van der Waals surface area (Å²) < 4.78 is 44.4. The SMILES string of the molecule is CC(C)(C)OC(=O)NC1(c2ccc(Br)cc2)CC1.CNC1(c2ccc(C(=O)OC)cc2)CC1.COC(=O)c1ccc(C2(N(C)C(=O)OC(C)(C)C)CC2)cc1.COC(=O)c1ccc(C2(N(C)C(=O)c3ncn4c3CN(C(=O)OC(C)(C)C)CC4)CC2)cc1.COC(=O)c1ccc(C2(NC(=O)OC(C)(C)C)CC2)cc1.NC1(c2ccc(Br)cc2)CC1. The van der Waals surface area contributed by atoms with Crippen LogP contribution in [0.3, 0.4) is 0 Å². The highest BCUT2D eigenvalue weighted by Crippen LogP contribution is 2.53. The van der Waals surface area contributed by atoms with Gasteiger partial charge in [-0.15, -0.1) is 0 Å². The molecular weight excluding hydrogens is 1660 g/mol. The maximum Gasteiger partial charge on any atom is 0.410 e. The molecule has 28 heteroatoms. The lowest BCUT2D eigenvalue weighted by Crippen LogP contribution is -2.42. The summed E-state index contributed by atoms with van der Waals surface area (Å²) >= 11 is 6.80. The topological polar surface area (TPSA) is 317 Å². The Hall–Kier alpha value is -10.2. The number of alkyl carbamates (subject to hydrolysis) is 2. The lowest BCUT2D eigenvalue weighted by molar-refractivity contribution is 0.0182. The largest absolute Gasteiger partial charge is 0.465 e. The summed E-state index contributed by atoms with van der Waals surface area (Å²) in [4.78, 5) is 117. The van der Waals surface area contributed by atoms with Gasteiger partial charge in [0.25, 0.3) is 5.91 Å². The number of hydrogen-bond acceptors (Lipinski definition) is 20. The number of nitrogens with one attached hydrogen (secondary N) is 3. The monoisotopic (exact) mass is 1780 g/mol. The van der Waals surface area contributed by atoms with Gasteiger partial charge in [-0.3, -0.25) is 4.79 Å². The maximum absolute atomic E-state index is 13.5. The minimum atomic E-state index is -0.588. The van der Waals surface area contributed by atoms with Crippen LogP contribution in [0.1, 0.15) is 251 Å². The van der Waals surface area contributed by atoms with Crippen molar-refractivity contribution in [2.24, 2.45) is 5.73 Å². The van der Waals surface area contributed by atoms with Crippen LogP contribution < -0.4 is 21.7 Å². The zero-order chi connectivity index (χ0) is 88.4. The molecule has 0 atom stereocenters. The van der Waals surface area contributed by atoms with Gasteiger partial charge in [0.1, 0.15) is 22.4 Å². The number of imidazole rings is 1. The van der Waals surface area contributed by atoms with Crippen molar-refractivity contribution in [1.29, 1.82) is 0 Å². The van der Waals surface area contributed by atoms with Gasteiger partial charge in [-0.2, -0.15) is 0 Å². The number of amides is 5. The summed E-state index contributed by atoms with van der Waals surface area (Å²) in [6, 6.07) is 45.4. The number of esters is 4. The molecule has 646 valence electrons. The van der Waals surface area contributed by atoms with E-state index in [9.17, 15) is 43.2 Å². The fourth-order valence-electron chi connectivity index (χ4n) is 13.8. The van der Waals surface area contributed by atoms with Crippen LogP contribution >= 0.6 is 31.9 Å². The van der Waals surface area contributed by atoms with Gasteiger partial charge in [-0.1, -0.05) is 105 Å². The van der Waals surface area contributed by atoms with Gasteiger partial charge >= 0.3 is 48.3 Å². The molecule has 120 heavy (non-hydrogen) atoms. The number of benzene rings is 6. The van der Waals surface area contributed by atoms with Gasteiger partial charge in [0.15, 0.2) is 5.69 Å². The van der Waals surface area contributed by atoms with Crippen molar-refractivity contribution in [3.8, 4) is 0 Å². The van der Waals surface area contributed by atoms with E-state index in [1.54, 1.807) is 71.5 Å². The van der Waals surface area contributed by atoms with Crippen LogP contribution in [0.15, 0.2) is 161 Å². The number of rotatable bonds is 16. The van der Waals surface area contributed by atoms with E-state index >= 15 is 0 Å². The van der Waals surface area contributed by atoms with E-state index in [1.807, 2.05) is 192 Å². The molecule has 6 fully saturated rings. The molecule has 2 heterocycles. The van der Waals surface area contributed by atoms with E-state index in [1.165, 1.54) is 52.4 Å². The highest BCUT2D eigenvalue weighted by molar-refractivity contribution is 9.10. The summed E-state index contributed by atoms with van der Waals surface area (Å²) in [6.45, 7) is 23.5. The minimum Gasteiger partial charge on any atom is -0.465 e. The molecule has 6 saturated carbocycles. The zero-order valence-corrected chi connectivity index (χ0v) is 75.7. The van der Waals surface area contributed by atoms with Crippen LogP contribution in [0.2, 0.25) is 0 Å². The molecule has 0 saturated heterocycles. The average molecular weight is 1780 g/mol. The predicted molar refractivity (Wildman–Crippen MR) is 462 cm³/mol. The normalized spacial score (nSPS) is 16.8. The fourth-order valence-corrected chi connectivity index (χ4v) is 14.3. The molecule has 0 bridgehead atoms. The summed E-state index contributed by atoms with van der Waals surface area (Å²) in [6.07, 6.45) is 11.9. The van der Waals surface area contributed by atoms with E-state index in [4.69, 9.17) is 34.2 Å². The van der Waals surface area contributed by atoms with Crippen molar-refractivity contribution in [3.63, 3.8) is 0 Å². The first-order chi connectivity index (χ1) is 56.2. The Morgan fingerprint density at radius 2 is 0.725 bits per heavy atom.